The molecule has 0 radical (unpaired) electrons. The smallest absolute Gasteiger partial charge is 0.156 e. The maximum atomic E-state index is 4.67. The topological polar surface area (TPSA) is 24.4 Å². The molecule has 0 aromatic heterocycles. The molecule has 4 aliphatic rings. The Balaban J connectivity index is 1.25. The van der Waals surface area contributed by atoms with Gasteiger partial charge in [0.1, 0.15) is 0 Å². The summed E-state index contributed by atoms with van der Waals surface area (Å²) < 4.78 is 0. The van der Waals surface area contributed by atoms with Crippen LogP contribution in [0, 0.1) is 23.7 Å². The van der Waals surface area contributed by atoms with E-state index in [1.807, 2.05) is 11.8 Å². The van der Waals surface area contributed by atoms with Crippen molar-refractivity contribution in [2.45, 2.75) is 43.8 Å². The maximum absolute atomic E-state index is 4.67. The van der Waals surface area contributed by atoms with Crippen molar-refractivity contribution in [3.05, 3.63) is 0 Å². The van der Waals surface area contributed by atoms with Gasteiger partial charge >= 0.3 is 0 Å². The fraction of sp³-hybridized carbons (Fsp3) is 0.929. The molecule has 0 spiro atoms. The minimum absolute atomic E-state index is 0.817. The van der Waals surface area contributed by atoms with E-state index in [1.165, 1.54) is 50.2 Å². The average Bonchev–Trinajstić information content (AvgIpc) is 2.80. The van der Waals surface area contributed by atoms with Crippen molar-refractivity contribution < 1.29 is 0 Å². The van der Waals surface area contributed by atoms with E-state index in [2.05, 4.69) is 10.3 Å². The Kier molecular flexibility index (Phi) is 2.64. The number of hydrogen-bond donors (Lipinski definition) is 1. The molecule has 3 aliphatic carbocycles. The van der Waals surface area contributed by atoms with E-state index < -0.39 is 0 Å². The molecule has 3 saturated carbocycles. The van der Waals surface area contributed by atoms with Crippen LogP contribution in [0.25, 0.3) is 0 Å². The highest BCUT2D eigenvalue weighted by Gasteiger charge is 2.40. The number of nitrogens with zero attached hydrogens (tertiary/aromatic N) is 1. The van der Waals surface area contributed by atoms with Crippen LogP contribution < -0.4 is 5.32 Å². The summed E-state index contributed by atoms with van der Waals surface area (Å²) in [5, 5.41) is 5.71. The zero-order chi connectivity index (χ0) is 11.2. The normalized spacial score (nSPS) is 44.1. The summed E-state index contributed by atoms with van der Waals surface area (Å²) in [6.45, 7) is 2.28. The van der Waals surface area contributed by atoms with Crippen molar-refractivity contribution in [2.75, 3.05) is 13.1 Å². The number of thioether (sulfide) groups is 1. The van der Waals surface area contributed by atoms with Gasteiger partial charge in [-0.1, -0.05) is 18.2 Å². The second-order valence-electron chi connectivity index (χ2n) is 6.46. The molecule has 0 aromatic rings. The quantitative estimate of drug-likeness (QED) is 0.833. The molecule has 2 nitrogen and oxygen atoms in total. The molecule has 0 saturated heterocycles. The molecule has 4 rings (SSSR count). The van der Waals surface area contributed by atoms with Gasteiger partial charge in [-0.25, -0.2) is 0 Å². The molecule has 4 atom stereocenters. The lowest BCUT2D eigenvalue weighted by atomic mass is 9.89. The summed E-state index contributed by atoms with van der Waals surface area (Å²) in [5.74, 6) is 4.06. The minimum atomic E-state index is 0.817. The molecule has 0 amide bonds. The highest BCUT2D eigenvalue weighted by molar-refractivity contribution is 8.14. The van der Waals surface area contributed by atoms with Crippen LogP contribution in [0.2, 0.25) is 0 Å². The maximum Gasteiger partial charge on any atom is 0.156 e. The van der Waals surface area contributed by atoms with E-state index in [0.29, 0.717) is 0 Å². The zero-order valence-electron chi connectivity index (χ0n) is 10.4. The number of aliphatic imine (C=N–C) groups is 1. The number of fused-ring (bicyclic) bond motifs is 2. The van der Waals surface area contributed by atoms with Crippen LogP contribution >= 0.6 is 11.8 Å². The molecule has 3 fully saturated rings. The summed E-state index contributed by atoms with van der Waals surface area (Å²) in [4.78, 5) is 4.67. The SMILES string of the molecule is C1CC2CC1CC2CNC1=NCC(C2CC2)S1. The van der Waals surface area contributed by atoms with Crippen LogP contribution in [0.1, 0.15) is 38.5 Å². The van der Waals surface area contributed by atoms with Crippen molar-refractivity contribution in [2.24, 2.45) is 28.7 Å². The number of rotatable bonds is 3. The van der Waals surface area contributed by atoms with Crippen LogP contribution in [0.3, 0.4) is 0 Å². The molecule has 1 aliphatic heterocycles. The fourth-order valence-electron chi connectivity index (χ4n) is 4.05. The van der Waals surface area contributed by atoms with Gasteiger partial charge in [0.15, 0.2) is 5.17 Å². The first kappa shape index (κ1) is 10.7. The second kappa shape index (κ2) is 4.18. The second-order valence-corrected chi connectivity index (χ2v) is 7.68. The lowest BCUT2D eigenvalue weighted by Crippen LogP contribution is -2.29. The predicted molar refractivity (Wildman–Crippen MR) is 73.3 cm³/mol. The van der Waals surface area contributed by atoms with Gasteiger partial charge in [-0.05, 0) is 55.8 Å². The standard InChI is InChI=1S/C14H22N2S/c1-2-11-5-9(1)6-12(11)7-15-14-16-8-13(17-14)10-3-4-10/h9-13H,1-8H2,(H,15,16). The molecule has 1 N–H and O–H groups in total. The first-order valence-electron chi connectivity index (χ1n) is 7.33. The van der Waals surface area contributed by atoms with Crippen molar-refractivity contribution in [3.63, 3.8) is 0 Å². The first-order chi connectivity index (χ1) is 8.38. The molecular weight excluding hydrogens is 228 g/mol. The summed E-state index contributed by atoms with van der Waals surface area (Å²) in [6.07, 6.45) is 8.93. The molecule has 3 heteroatoms. The van der Waals surface area contributed by atoms with Crippen molar-refractivity contribution in [3.8, 4) is 0 Å². The molecular formula is C14H22N2S. The van der Waals surface area contributed by atoms with Crippen LogP contribution in [-0.2, 0) is 0 Å². The van der Waals surface area contributed by atoms with Gasteiger partial charge in [-0.3, -0.25) is 4.99 Å². The van der Waals surface area contributed by atoms with Crippen LogP contribution in [0.15, 0.2) is 4.99 Å². The average molecular weight is 250 g/mol. The minimum Gasteiger partial charge on any atom is -0.365 e. The Morgan fingerprint density at radius 3 is 2.71 bits per heavy atom. The lowest BCUT2D eigenvalue weighted by Gasteiger charge is -2.22. The largest absolute Gasteiger partial charge is 0.365 e. The van der Waals surface area contributed by atoms with Crippen LogP contribution in [0.4, 0.5) is 0 Å². The zero-order valence-corrected chi connectivity index (χ0v) is 11.2. The third kappa shape index (κ3) is 2.11. The summed E-state index contributed by atoms with van der Waals surface area (Å²) in [6, 6.07) is 0. The number of hydrogen-bond acceptors (Lipinski definition) is 3. The Labute approximate surface area is 108 Å². The van der Waals surface area contributed by atoms with E-state index in [4.69, 9.17) is 0 Å². The van der Waals surface area contributed by atoms with Crippen molar-refractivity contribution in [1.29, 1.82) is 0 Å². The van der Waals surface area contributed by atoms with E-state index >= 15 is 0 Å². The Bertz CT molecular complexity index is 337. The van der Waals surface area contributed by atoms with Crippen molar-refractivity contribution in [1.82, 2.24) is 5.32 Å². The van der Waals surface area contributed by atoms with Gasteiger partial charge in [0.2, 0.25) is 0 Å². The Morgan fingerprint density at radius 2 is 2.00 bits per heavy atom. The Hall–Kier alpha value is -0.180. The van der Waals surface area contributed by atoms with E-state index in [1.54, 1.807) is 0 Å². The summed E-state index contributed by atoms with van der Waals surface area (Å²) >= 11 is 2.02. The van der Waals surface area contributed by atoms with Gasteiger partial charge in [-0.2, -0.15) is 0 Å². The highest BCUT2D eigenvalue weighted by atomic mass is 32.2. The lowest BCUT2D eigenvalue weighted by molar-refractivity contribution is 0.333. The van der Waals surface area contributed by atoms with Gasteiger partial charge in [0.05, 0.1) is 6.54 Å². The number of amidine groups is 1. The molecule has 17 heavy (non-hydrogen) atoms. The predicted octanol–water partition coefficient (Wildman–Crippen LogP) is 2.89. The molecule has 0 aromatic carbocycles. The van der Waals surface area contributed by atoms with Gasteiger partial charge in [0.25, 0.3) is 0 Å². The number of nitrogens with one attached hydrogen (secondary N) is 1. The van der Waals surface area contributed by atoms with E-state index in [9.17, 15) is 0 Å². The summed E-state index contributed by atoms with van der Waals surface area (Å²) in [5.41, 5.74) is 0. The molecule has 94 valence electrons. The third-order valence-electron chi connectivity index (χ3n) is 5.23. The third-order valence-corrected chi connectivity index (χ3v) is 6.56. The molecule has 1 heterocycles. The Morgan fingerprint density at radius 1 is 1.12 bits per heavy atom. The molecule has 4 unspecified atom stereocenters. The van der Waals surface area contributed by atoms with Crippen LogP contribution in [0.5, 0.6) is 0 Å². The van der Waals surface area contributed by atoms with Crippen molar-refractivity contribution >= 4 is 16.9 Å². The molecule has 2 bridgehead atoms. The van der Waals surface area contributed by atoms with Gasteiger partial charge in [-0.15, -0.1) is 0 Å². The van der Waals surface area contributed by atoms with E-state index in [-0.39, 0.29) is 0 Å². The van der Waals surface area contributed by atoms with Gasteiger partial charge in [0, 0.05) is 11.8 Å². The fourth-order valence-corrected chi connectivity index (χ4v) is 5.26. The highest BCUT2D eigenvalue weighted by Crippen LogP contribution is 2.48. The van der Waals surface area contributed by atoms with E-state index in [0.717, 1.165) is 35.5 Å². The summed E-state index contributed by atoms with van der Waals surface area (Å²) in [7, 11) is 0. The van der Waals surface area contributed by atoms with Crippen LogP contribution in [-0.4, -0.2) is 23.5 Å². The monoisotopic (exact) mass is 250 g/mol. The first-order valence-corrected chi connectivity index (χ1v) is 8.21. The van der Waals surface area contributed by atoms with Gasteiger partial charge < -0.3 is 5.32 Å².